The Kier molecular flexibility index (Phi) is 8.46. The van der Waals surface area contributed by atoms with E-state index >= 15 is 0 Å². The molecular weight excluding hydrogens is 282 g/mol. The van der Waals surface area contributed by atoms with Crippen molar-refractivity contribution in [2.45, 2.75) is 58.4 Å². The van der Waals surface area contributed by atoms with Crippen molar-refractivity contribution < 1.29 is 0 Å². The van der Waals surface area contributed by atoms with Gasteiger partial charge in [-0.25, -0.2) is 4.99 Å². The zero-order valence-electron chi connectivity index (χ0n) is 15.1. The number of rotatable bonds is 12. The summed E-state index contributed by atoms with van der Waals surface area (Å²) in [6.07, 6.45) is 15.0. The topological polar surface area (TPSA) is 41.6 Å². The number of amidine groups is 1. The highest BCUT2D eigenvalue weighted by Gasteiger charge is 2.31. The average Bonchev–Trinajstić information content (AvgIpc) is 3.30. The molecule has 0 saturated heterocycles. The molecule has 23 heavy (non-hydrogen) atoms. The van der Waals surface area contributed by atoms with Crippen LogP contribution in [0.4, 0.5) is 0 Å². The number of allylic oxidation sites excluding steroid dienone is 1. The minimum absolute atomic E-state index is 0.450. The van der Waals surface area contributed by atoms with Crippen molar-refractivity contribution in [2.24, 2.45) is 16.6 Å². The summed E-state index contributed by atoms with van der Waals surface area (Å²) < 4.78 is 0. The summed E-state index contributed by atoms with van der Waals surface area (Å²) in [6.45, 7) is 12.2. The van der Waals surface area contributed by atoms with E-state index in [1.54, 1.807) is 5.57 Å². The molecule has 0 aromatic heterocycles. The van der Waals surface area contributed by atoms with Crippen LogP contribution in [0.5, 0.6) is 0 Å². The van der Waals surface area contributed by atoms with Gasteiger partial charge in [-0.05, 0) is 38.7 Å². The summed E-state index contributed by atoms with van der Waals surface area (Å²) in [5, 5.41) is 0. The molecule has 0 bridgehead atoms. The first-order valence-electron chi connectivity index (χ1n) is 8.71. The number of hydrogen-bond acceptors (Lipinski definition) is 2. The molecule has 0 aromatic rings. The Morgan fingerprint density at radius 3 is 2.83 bits per heavy atom. The maximum absolute atomic E-state index is 5.73. The first-order valence-corrected chi connectivity index (χ1v) is 8.71. The second-order valence-corrected chi connectivity index (χ2v) is 6.43. The second kappa shape index (κ2) is 10.1. The summed E-state index contributed by atoms with van der Waals surface area (Å²) >= 11 is 0. The van der Waals surface area contributed by atoms with Crippen LogP contribution in [0.15, 0.2) is 53.8 Å². The highest BCUT2D eigenvalue weighted by atomic mass is 15.1. The van der Waals surface area contributed by atoms with Gasteiger partial charge in [0.05, 0.1) is 0 Å². The van der Waals surface area contributed by atoms with E-state index in [4.69, 9.17) is 5.73 Å². The second-order valence-electron chi connectivity index (χ2n) is 6.43. The zero-order valence-corrected chi connectivity index (χ0v) is 15.1. The van der Waals surface area contributed by atoms with Crippen LogP contribution in [0, 0.1) is 5.92 Å². The molecule has 3 heteroatoms. The van der Waals surface area contributed by atoms with Crippen molar-refractivity contribution in [3.63, 3.8) is 0 Å². The smallest absolute Gasteiger partial charge is 0.124 e. The van der Waals surface area contributed by atoms with Crippen LogP contribution in [0.3, 0.4) is 0 Å². The van der Waals surface area contributed by atoms with Crippen LogP contribution in [0.2, 0.25) is 0 Å². The van der Waals surface area contributed by atoms with Gasteiger partial charge >= 0.3 is 0 Å². The summed E-state index contributed by atoms with van der Waals surface area (Å²) in [4.78, 5) is 6.12. The molecule has 0 heterocycles. The van der Waals surface area contributed by atoms with Crippen LogP contribution in [-0.2, 0) is 0 Å². The van der Waals surface area contributed by atoms with E-state index in [0.29, 0.717) is 17.8 Å². The normalized spacial score (nSPS) is 18.7. The van der Waals surface area contributed by atoms with Crippen LogP contribution in [0.25, 0.3) is 0 Å². The quantitative estimate of drug-likeness (QED) is 0.243. The summed E-state index contributed by atoms with van der Waals surface area (Å²) in [5.74, 6) is 1.07. The lowest BCUT2D eigenvalue weighted by Gasteiger charge is -2.24. The van der Waals surface area contributed by atoms with Crippen molar-refractivity contribution in [1.29, 1.82) is 0 Å². The van der Waals surface area contributed by atoms with Crippen molar-refractivity contribution in [3.05, 3.63) is 48.9 Å². The molecular formula is C20H33N3. The summed E-state index contributed by atoms with van der Waals surface area (Å²) in [6, 6.07) is 0.450. The Morgan fingerprint density at radius 2 is 2.17 bits per heavy atom. The van der Waals surface area contributed by atoms with Gasteiger partial charge in [0.1, 0.15) is 5.84 Å². The molecule has 0 saturated carbocycles. The van der Waals surface area contributed by atoms with E-state index in [1.807, 2.05) is 12.3 Å². The largest absolute Gasteiger partial charge is 0.384 e. The Morgan fingerprint density at radius 1 is 1.43 bits per heavy atom. The molecule has 2 unspecified atom stereocenters. The van der Waals surface area contributed by atoms with E-state index in [2.05, 4.69) is 50.0 Å². The first kappa shape index (κ1) is 19.3. The third kappa shape index (κ3) is 7.36. The lowest BCUT2D eigenvalue weighted by molar-refractivity contribution is 0.326. The number of unbranched alkanes of at least 4 members (excludes halogenated alkanes) is 2. The van der Waals surface area contributed by atoms with E-state index in [-0.39, 0.29) is 0 Å². The van der Waals surface area contributed by atoms with Crippen molar-refractivity contribution in [1.82, 2.24) is 4.90 Å². The van der Waals surface area contributed by atoms with Crippen molar-refractivity contribution in [2.75, 3.05) is 7.05 Å². The summed E-state index contributed by atoms with van der Waals surface area (Å²) in [7, 11) is 2.08. The molecule has 0 radical (unpaired) electrons. The van der Waals surface area contributed by atoms with E-state index in [9.17, 15) is 0 Å². The number of hydrogen-bond donors (Lipinski definition) is 1. The number of nitrogens with two attached hydrogens (primary N) is 1. The van der Waals surface area contributed by atoms with E-state index in [0.717, 1.165) is 12.8 Å². The Balaban J connectivity index is 2.28. The first-order chi connectivity index (χ1) is 11.0. The van der Waals surface area contributed by atoms with Gasteiger partial charge in [0.2, 0.25) is 0 Å². The molecule has 0 fully saturated rings. The standard InChI is InChI=1S/C20H33N3/c1-6-8-9-10-16(3)11-12-18-15-19(18)17(4)23(5)14-13-20(21)22-7-2/h7,13-15,17,19H,2-3,6,8-12H2,1,4-5H3,(H2,21,22)/b14-13-. The van der Waals surface area contributed by atoms with Gasteiger partial charge < -0.3 is 10.6 Å². The predicted octanol–water partition coefficient (Wildman–Crippen LogP) is 4.79. The van der Waals surface area contributed by atoms with Gasteiger partial charge in [0, 0.05) is 31.4 Å². The molecule has 2 N–H and O–H groups in total. The fraction of sp³-hybridized carbons (Fsp3) is 0.550. The van der Waals surface area contributed by atoms with Crippen LogP contribution in [0.1, 0.15) is 52.4 Å². The molecule has 0 amide bonds. The zero-order chi connectivity index (χ0) is 17.2. The molecule has 128 valence electrons. The highest BCUT2D eigenvalue weighted by molar-refractivity contribution is 5.91. The third-order valence-electron chi connectivity index (χ3n) is 4.50. The van der Waals surface area contributed by atoms with Gasteiger partial charge in [-0.15, -0.1) is 0 Å². The third-order valence-corrected chi connectivity index (χ3v) is 4.50. The lowest BCUT2D eigenvalue weighted by atomic mass is 10.0. The van der Waals surface area contributed by atoms with Crippen LogP contribution >= 0.6 is 0 Å². The van der Waals surface area contributed by atoms with Gasteiger partial charge in [-0.2, -0.15) is 0 Å². The van der Waals surface area contributed by atoms with Gasteiger partial charge in [-0.1, -0.05) is 50.1 Å². The monoisotopic (exact) mass is 315 g/mol. The van der Waals surface area contributed by atoms with E-state index in [1.165, 1.54) is 37.5 Å². The molecule has 0 spiro atoms. The molecule has 0 aliphatic heterocycles. The minimum atomic E-state index is 0.450. The van der Waals surface area contributed by atoms with Gasteiger partial charge in [0.15, 0.2) is 0 Å². The maximum Gasteiger partial charge on any atom is 0.124 e. The van der Waals surface area contributed by atoms with Gasteiger partial charge in [-0.3, -0.25) is 0 Å². The molecule has 1 aliphatic rings. The Labute approximate surface area is 142 Å². The maximum atomic E-state index is 5.73. The molecule has 1 aliphatic carbocycles. The molecule has 2 atom stereocenters. The Hall–Kier alpha value is -1.77. The van der Waals surface area contributed by atoms with Crippen LogP contribution < -0.4 is 5.73 Å². The number of nitrogens with zero attached hydrogens (tertiary/aromatic N) is 2. The number of aliphatic imine (C=N–C) groups is 1. The minimum Gasteiger partial charge on any atom is -0.384 e. The fourth-order valence-corrected chi connectivity index (χ4v) is 2.68. The predicted molar refractivity (Wildman–Crippen MR) is 102 cm³/mol. The van der Waals surface area contributed by atoms with Crippen molar-refractivity contribution >= 4 is 5.84 Å². The fourth-order valence-electron chi connectivity index (χ4n) is 2.68. The Bertz CT molecular complexity index is 485. The SMILES string of the molecule is C=C/N=C(N)\C=C/N(C)C(C)C1C=C1CCC(=C)CCCCC. The molecule has 0 aromatic carbocycles. The molecule has 3 nitrogen and oxygen atoms in total. The average molecular weight is 316 g/mol. The summed E-state index contributed by atoms with van der Waals surface area (Å²) in [5.41, 5.74) is 8.70. The molecule has 1 rings (SSSR count). The van der Waals surface area contributed by atoms with Crippen LogP contribution in [-0.4, -0.2) is 23.8 Å². The van der Waals surface area contributed by atoms with Crippen molar-refractivity contribution in [3.8, 4) is 0 Å². The van der Waals surface area contributed by atoms with E-state index < -0.39 is 0 Å². The lowest BCUT2D eigenvalue weighted by Crippen LogP contribution is -2.27. The highest BCUT2D eigenvalue weighted by Crippen LogP contribution is 2.38. The van der Waals surface area contributed by atoms with Gasteiger partial charge in [0.25, 0.3) is 0 Å².